The summed E-state index contributed by atoms with van der Waals surface area (Å²) in [7, 11) is 0. The summed E-state index contributed by atoms with van der Waals surface area (Å²) in [5.41, 5.74) is 7.22. The van der Waals surface area contributed by atoms with Gasteiger partial charge in [-0.1, -0.05) is 23.2 Å². The standard InChI is InChI=1S/C12H16Cl2N2O/c13-9-5-11(15)12(6-10(9)14)16-3-4-17-7-8-1-2-8/h5-6,8,16H,1-4,7,15H2. The molecule has 0 saturated heterocycles. The Morgan fingerprint density at radius 3 is 2.71 bits per heavy atom. The van der Waals surface area contributed by atoms with Crippen molar-refractivity contribution in [2.24, 2.45) is 5.92 Å². The molecular formula is C12H16Cl2N2O. The van der Waals surface area contributed by atoms with Gasteiger partial charge in [0.2, 0.25) is 0 Å². The van der Waals surface area contributed by atoms with E-state index in [1.54, 1.807) is 12.1 Å². The highest BCUT2D eigenvalue weighted by Crippen LogP contribution is 2.30. The Morgan fingerprint density at radius 2 is 2.00 bits per heavy atom. The van der Waals surface area contributed by atoms with E-state index >= 15 is 0 Å². The highest BCUT2D eigenvalue weighted by atomic mass is 35.5. The van der Waals surface area contributed by atoms with E-state index in [-0.39, 0.29) is 0 Å². The van der Waals surface area contributed by atoms with Crippen LogP contribution in [0.1, 0.15) is 12.8 Å². The first-order valence-electron chi connectivity index (χ1n) is 5.73. The van der Waals surface area contributed by atoms with Crippen molar-refractivity contribution in [1.82, 2.24) is 0 Å². The average molecular weight is 275 g/mol. The molecule has 0 aromatic heterocycles. The molecule has 2 rings (SSSR count). The molecule has 3 N–H and O–H groups in total. The number of nitrogen functional groups attached to an aromatic ring is 1. The van der Waals surface area contributed by atoms with E-state index in [0.717, 1.165) is 24.8 Å². The van der Waals surface area contributed by atoms with Gasteiger partial charge in [-0.2, -0.15) is 0 Å². The van der Waals surface area contributed by atoms with E-state index in [1.165, 1.54) is 12.8 Å². The lowest BCUT2D eigenvalue weighted by atomic mass is 10.2. The molecule has 1 aromatic rings. The lowest BCUT2D eigenvalue weighted by molar-refractivity contribution is 0.134. The highest BCUT2D eigenvalue weighted by molar-refractivity contribution is 6.42. The van der Waals surface area contributed by atoms with Crippen molar-refractivity contribution in [3.8, 4) is 0 Å². The summed E-state index contributed by atoms with van der Waals surface area (Å²) in [5.74, 6) is 0.796. The van der Waals surface area contributed by atoms with Crippen molar-refractivity contribution in [3.63, 3.8) is 0 Å². The number of anilines is 2. The predicted octanol–water partition coefficient (Wildman–Crippen LogP) is 3.41. The van der Waals surface area contributed by atoms with Crippen molar-refractivity contribution >= 4 is 34.6 Å². The summed E-state index contributed by atoms with van der Waals surface area (Å²) in [5, 5.41) is 4.16. The Kier molecular flexibility index (Phi) is 4.37. The molecule has 0 aliphatic heterocycles. The van der Waals surface area contributed by atoms with Crippen molar-refractivity contribution in [1.29, 1.82) is 0 Å². The van der Waals surface area contributed by atoms with Crippen LogP contribution in [-0.2, 0) is 4.74 Å². The molecular weight excluding hydrogens is 259 g/mol. The summed E-state index contributed by atoms with van der Waals surface area (Å²) in [4.78, 5) is 0. The third-order valence-electron chi connectivity index (χ3n) is 2.70. The number of benzene rings is 1. The van der Waals surface area contributed by atoms with Gasteiger partial charge in [0, 0.05) is 13.2 Å². The van der Waals surface area contributed by atoms with E-state index < -0.39 is 0 Å². The summed E-state index contributed by atoms with van der Waals surface area (Å²) < 4.78 is 5.51. The molecule has 1 aromatic carbocycles. The van der Waals surface area contributed by atoms with Crippen LogP contribution in [0.3, 0.4) is 0 Å². The van der Waals surface area contributed by atoms with Crippen LogP contribution in [0.15, 0.2) is 12.1 Å². The van der Waals surface area contributed by atoms with Crippen LogP contribution in [-0.4, -0.2) is 19.8 Å². The van der Waals surface area contributed by atoms with Crippen molar-refractivity contribution in [2.45, 2.75) is 12.8 Å². The first-order chi connectivity index (χ1) is 8.16. The number of halogens is 2. The fourth-order valence-electron chi connectivity index (χ4n) is 1.51. The van der Waals surface area contributed by atoms with Crippen molar-refractivity contribution in [3.05, 3.63) is 22.2 Å². The van der Waals surface area contributed by atoms with Gasteiger partial charge in [0.25, 0.3) is 0 Å². The molecule has 0 atom stereocenters. The topological polar surface area (TPSA) is 47.3 Å². The molecule has 0 amide bonds. The van der Waals surface area contributed by atoms with Gasteiger partial charge in [-0.15, -0.1) is 0 Å². The van der Waals surface area contributed by atoms with Gasteiger partial charge in [0.15, 0.2) is 0 Å². The van der Waals surface area contributed by atoms with Gasteiger partial charge in [0.05, 0.1) is 28.0 Å². The Labute approximate surface area is 111 Å². The molecule has 0 heterocycles. The third-order valence-corrected chi connectivity index (χ3v) is 3.43. The molecule has 1 aliphatic rings. The zero-order chi connectivity index (χ0) is 12.3. The summed E-state index contributed by atoms with van der Waals surface area (Å²) in [6, 6.07) is 3.39. The quantitative estimate of drug-likeness (QED) is 0.617. The van der Waals surface area contributed by atoms with E-state index in [1.807, 2.05) is 0 Å². The minimum atomic E-state index is 0.472. The molecule has 94 valence electrons. The first-order valence-corrected chi connectivity index (χ1v) is 6.48. The lowest BCUT2D eigenvalue weighted by Gasteiger charge is -2.10. The van der Waals surface area contributed by atoms with Crippen LogP contribution in [0.4, 0.5) is 11.4 Å². The Morgan fingerprint density at radius 1 is 1.29 bits per heavy atom. The van der Waals surface area contributed by atoms with Crippen molar-refractivity contribution in [2.75, 3.05) is 30.8 Å². The van der Waals surface area contributed by atoms with Gasteiger partial charge >= 0.3 is 0 Å². The number of hydrogen-bond acceptors (Lipinski definition) is 3. The number of rotatable bonds is 6. The normalized spacial score (nSPS) is 14.9. The van der Waals surface area contributed by atoms with Gasteiger partial charge in [-0.25, -0.2) is 0 Å². The smallest absolute Gasteiger partial charge is 0.0639 e. The van der Waals surface area contributed by atoms with Gasteiger partial charge < -0.3 is 15.8 Å². The monoisotopic (exact) mass is 274 g/mol. The fraction of sp³-hybridized carbons (Fsp3) is 0.500. The number of hydrogen-bond donors (Lipinski definition) is 2. The van der Waals surface area contributed by atoms with Gasteiger partial charge in [-0.05, 0) is 30.9 Å². The summed E-state index contributed by atoms with van der Waals surface area (Å²) in [6.07, 6.45) is 2.63. The minimum Gasteiger partial charge on any atom is -0.397 e. The maximum absolute atomic E-state index is 5.92. The summed E-state index contributed by atoms with van der Waals surface area (Å²) >= 11 is 11.8. The van der Waals surface area contributed by atoms with Crippen LogP contribution in [0.2, 0.25) is 10.0 Å². The molecule has 0 unspecified atom stereocenters. The molecule has 3 nitrogen and oxygen atoms in total. The van der Waals surface area contributed by atoms with Gasteiger partial charge in [0.1, 0.15) is 0 Å². The van der Waals surface area contributed by atoms with E-state index in [2.05, 4.69) is 5.32 Å². The molecule has 5 heteroatoms. The van der Waals surface area contributed by atoms with Crippen LogP contribution in [0.25, 0.3) is 0 Å². The lowest BCUT2D eigenvalue weighted by Crippen LogP contribution is -2.11. The molecule has 17 heavy (non-hydrogen) atoms. The fourth-order valence-corrected chi connectivity index (χ4v) is 1.84. The van der Waals surface area contributed by atoms with E-state index in [4.69, 9.17) is 33.7 Å². The number of nitrogens with two attached hydrogens (primary N) is 1. The Balaban J connectivity index is 1.75. The maximum Gasteiger partial charge on any atom is 0.0639 e. The first kappa shape index (κ1) is 12.8. The molecule has 0 radical (unpaired) electrons. The van der Waals surface area contributed by atoms with Crippen LogP contribution in [0, 0.1) is 5.92 Å². The zero-order valence-electron chi connectivity index (χ0n) is 9.51. The second kappa shape index (κ2) is 5.80. The highest BCUT2D eigenvalue weighted by Gasteiger charge is 2.20. The van der Waals surface area contributed by atoms with Crippen molar-refractivity contribution < 1.29 is 4.74 Å². The SMILES string of the molecule is Nc1cc(Cl)c(Cl)cc1NCCOCC1CC1. The molecule has 1 fully saturated rings. The van der Waals surface area contributed by atoms with Gasteiger partial charge in [-0.3, -0.25) is 0 Å². The zero-order valence-corrected chi connectivity index (χ0v) is 11.0. The number of ether oxygens (including phenoxy) is 1. The maximum atomic E-state index is 5.92. The predicted molar refractivity (Wildman–Crippen MR) is 72.9 cm³/mol. The van der Waals surface area contributed by atoms with Crippen LogP contribution < -0.4 is 11.1 Å². The average Bonchev–Trinajstić information content (AvgIpc) is 3.08. The molecule has 0 spiro atoms. The van der Waals surface area contributed by atoms with Crippen LogP contribution in [0.5, 0.6) is 0 Å². The number of nitrogens with one attached hydrogen (secondary N) is 1. The molecule has 1 aliphatic carbocycles. The Bertz CT molecular complexity index is 394. The second-order valence-corrected chi connectivity index (χ2v) is 5.11. The Hall–Kier alpha value is -0.640. The third kappa shape index (κ3) is 3.95. The van der Waals surface area contributed by atoms with E-state index in [9.17, 15) is 0 Å². The molecule has 0 bridgehead atoms. The molecule has 1 saturated carbocycles. The largest absolute Gasteiger partial charge is 0.397 e. The second-order valence-electron chi connectivity index (χ2n) is 4.30. The minimum absolute atomic E-state index is 0.472. The van der Waals surface area contributed by atoms with Crippen LogP contribution >= 0.6 is 23.2 Å². The van der Waals surface area contributed by atoms with E-state index in [0.29, 0.717) is 22.3 Å². The summed E-state index contributed by atoms with van der Waals surface area (Å²) in [6.45, 7) is 2.27.